The number of halogens is 1. The van der Waals surface area contributed by atoms with E-state index >= 15 is 0 Å². The first-order valence-electron chi connectivity index (χ1n) is 10.3. The highest BCUT2D eigenvalue weighted by molar-refractivity contribution is 9.10. The maximum absolute atomic E-state index is 5.66. The summed E-state index contributed by atoms with van der Waals surface area (Å²) < 4.78 is 12.1. The Morgan fingerprint density at radius 1 is 1.07 bits per heavy atom. The highest BCUT2D eigenvalue weighted by Crippen LogP contribution is 2.39. The van der Waals surface area contributed by atoms with Gasteiger partial charge >= 0.3 is 0 Å². The molecule has 1 saturated heterocycles. The average molecular weight is 476 g/mol. The van der Waals surface area contributed by atoms with Crippen molar-refractivity contribution < 1.29 is 9.47 Å². The molecule has 0 aliphatic carbocycles. The highest BCUT2D eigenvalue weighted by Gasteiger charge is 2.43. The summed E-state index contributed by atoms with van der Waals surface area (Å²) in [5.41, 5.74) is 1.06. The Bertz CT molecular complexity index is 916. The van der Waals surface area contributed by atoms with Gasteiger partial charge in [0.15, 0.2) is 11.5 Å². The second-order valence-corrected chi connectivity index (χ2v) is 10.2. The minimum atomic E-state index is 0.102. The van der Waals surface area contributed by atoms with E-state index in [-0.39, 0.29) is 11.1 Å². The fourth-order valence-electron chi connectivity index (χ4n) is 4.45. The molecular weight excluding hydrogens is 446 g/mol. The van der Waals surface area contributed by atoms with Crippen molar-refractivity contribution in [3.8, 4) is 11.5 Å². The minimum Gasteiger partial charge on any atom is -0.486 e. The van der Waals surface area contributed by atoms with Crippen molar-refractivity contribution in [3.05, 3.63) is 28.9 Å². The zero-order chi connectivity index (χ0) is 21.5. The van der Waals surface area contributed by atoms with Crippen molar-refractivity contribution in [1.82, 2.24) is 14.9 Å². The number of rotatable bonds is 4. The van der Waals surface area contributed by atoms with E-state index < -0.39 is 0 Å². The molecule has 2 aliphatic rings. The van der Waals surface area contributed by atoms with E-state index in [9.17, 15) is 0 Å². The van der Waals surface area contributed by atoms with E-state index in [4.69, 9.17) is 14.5 Å². The summed E-state index contributed by atoms with van der Waals surface area (Å²) in [6, 6.07) is 6.07. The fraction of sp³-hybridized carbons (Fsp3) is 0.545. The normalized spacial score (nSPS) is 20.6. The molecular formula is C22H30BrN5O2. The van der Waals surface area contributed by atoms with Gasteiger partial charge in [0.05, 0.1) is 4.47 Å². The van der Waals surface area contributed by atoms with Crippen LogP contribution in [0.4, 0.5) is 17.5 Å². The van der Waals surface area contributed by atoms with Crippen LogP contribution >= 0.6 is 15.9 Å². The van der Waals surface area contributed by atoms with Gasteiger partial charge in [-0.3, -0.25) is 4.90 Å². The number of fused-ring (bicyclic) bond motifs is 1. The second kappa shape index (κ2) is 7.89. The molecule has 1 fully saturated rings. The van der Waals surface area contributed by atoms with Crippen LogP contribution in [0.3, 0.4) is 0 Å². The molecule has 0 atom stereocenters. The van der Waals surface area contributed by atoms with Crippen LogP contribution in [0.25, 0.3) is 0 Å². The monoisotopic (exact) mass is 475 g/mol. The molecule has 0 amide bonds. The topological polar surface area (TPSA) is 71.5 Å². The Morgan fingerprint density at radius 3 is 2.43 bits per heavy atom. The van der Waals surface area contributed by atoms with Crippen LogP contribution in [0, 0.1) is 0 Å². The zero-order valence-corrected chi connectivity index (χ0v) is 19.8. The number of likely N-dealkylation sites (tertiary alicyclic amines) is 1. The first-order valence-corrected chi connectivity index (χ1v) is 11.1. The predicted molar refractivity (Wildman–Crippen MR) is 123 cm³/mol. The van der Waals surface area contributed by atoms with Gasteiger partial charge in [0, 0.05) is 35.1 Å². The van der Waals surface area contributed by atoms with Crippen molar-refractivity contribution in [3.63, 3.8) is 0 Å². The molecule has 7 nitrogen and oxygen atoms in total. The van der Waals surface area contributed by atoms with Gasteiger partial charge in [0.1, 0.15) is 19.0 Å². The molecule has 0 bridgehead atoms. The average Bonchev–Trinajstić information content (AvgIpc) is 2.68. The Labute approximate surface area is 186 Å². The van der Waals surface area contributed by atoms with Gasteiger partial charge in [0.2, 0.25) is 5.95 Å². The van der Waals surface area contributed by atoms with E-state index in [1.165, 1.54) is 0 Å². The smallest absolute Gasteiger partial charge is 0.229 e. The molecule has 2 aromatic rings. The first kappa shape index (κ1) is 21.2. The van der Waals surface area contributed by atoms with Gasteiger partial charge in [-0.1, -0.05) is 0 Å². The van der Waals surface area contributed by atoms with Crippen LogP contribution in [0.2, 0.25) is 0 Å². The van der Waals surface area contributed by atoms with Gasteiger partial charge in [-0.25, -0.2) is 4.98 Å². The third kappa shape index (κ3) is 4.34. The van der Waals surface area contributed by atoms with Crippen LogP contribution < -0.4 is 20.1 Å². The van der Waals surface area contributed by atoms with Crippen molar-refractivity contribution in [2.24, 2.45) is 0 Å². The minimum absolute atomic E-state index is 0.102. The lowest BCUT2D eigenvalue weighted by molar-refractivity contribution is -0.00773. The molecule has 0 unspecified atom stereocenters. The molecule has 0 saturated carbocycles. The molecule has 3 heterocycles. The SMILES string of the molecule is CN1C(C)(C)CC(Nc2nc(Nc3ccc4c(c3)OCCO4)ncc2Br)CC1(C)C. The summed E-state index contributed by atoms with van der Waals surface area (Å²) in [5.74, 6) is 2.82. The molecule has 1 aromatic heterocycles. The summed E-state index contributed by atoms with van der Waals surface area (Å²) >= 11 is 3.60. The molecule has 2 N–H and O–H groups in total. The zero-order valence-electron chi connectivity index (χ0n) is 18.3. The number of benzene rings is 1. The van der Waals surface area contributed by atoms with E-state index in [2.05, 4.69) is 71.2 Å². The van der Waals surface area contributed by atoms with Crippen LogP contribution in [-0.2, 0) is 0 Å². The lowest BCUT2D eigenvalue weighted by Crippen LogP contribution is -2.61. The maximum Gasteiger partial charge on any atom is 0.229 e. The largest absolute Gasteiger partial charge is 0.486 e. The van der Waals surface area contributed by atoms with Crippen molar-refractivity contribution in [2.45, 2.75) is 57.7 Å². The van der Waals surface area contributed by atoms with Crippen LogP contribution in [0.15, 0.2) is 28.9 Å². The molecule has 30 heavy (non-hydrogen) atoms. The Kier molecular flexibility index (Phi) is 5.57. The summed E-state index contributed by atoms with van der Waals surface area (Å²) in [7, 11) is 2.21. The lowest BCUT2D eigenvalue weighted by Gasteiger charge is -2.53. The van der Waals surface area contributed by atoms with Crippen molar-refractivity contribution in [2.75, 3.05) is 30.9 Å². The molecule has 1 aromatic carbocycles. The van der Waals surface area contributed by atoms with E-state index in [0.29, 0.717) is 25.2 Å². The third-order valence-electron chi connectivity index (χ3n) is 6.19. The maximum atomic E-state index is 5.66. The molecule has 8 heteroatoms. The number of piperidine rings is 1. The second-order valence-electron chi connectivity index (χ2n) is 9.31. The number of nitrogens with zero attached hydrogens (tertiary/aromatic N) is 3. The van der Waals surface area contributed by atoms with E-state index in [1.54, 1.807) is 6.20 Å². The molecule has 4 rings (SSSR count). The van der Waals surface area contributed by atoms with Gasteiger partial charge in [-0.2, -0.15) is 4.98 Å². The molecule has 162 valence electrons. The van der Waals surface area contributed by atoms with Gasteiger partial charge in [-0.15, -0.1) is 0 Å². The highest BCUT2D eigenvalue weighted by atomic mass is 79.9. The molecule has 2 aliphatic heterocycles. The number of aromatic nitrogens is 2. The van der Waals surface area contributed by atoms with Crippen molar-refractivity contribution in [1.29, 1.82) is 0 Å². The quantitative estimate of drug-likeness (QED) is 0.656. The lowest BCUT2D eigenvalue weighted by atomic mass is 9.77. The number of anilines is 3. The van der Waals surface area contributed by atoms with Crippen LogP contribution in [-0.4, -0.2) is 52.2 Å². The summed E-state index contributed by atoms with van der Waals surface area (Å²) in [6.07, 6.45) is 3.85. The first-order chi connectivity index (χ1) is 14.1. The Morgan fingerprint density at radius 2 is 1.73 bits per heavy atom. The summed E-state index contributed by atoms with van der Waals surface area (Å²) in [6.45, 7) is 10.3. The summed E-state index contributed by atoms with van der Waals surface area (Å²) in [4.78, 5) is 11.6. The standard InChI is InChI=1S/C22H30BrN5O2/c1-21(2)11-15(12-22(3,4)28(21)5)25-19-16(23)13-24-20(27-19)26-14-6-7-17-18(10-14)30-9-8-29-17/h6-7,10,13,15H,8-9,11-12H2,1-5H3,(H2,24,25,26,27). The van der Waals surface area contributed by atoms with Crippen LogP contribution in [0.1, 0.15) is 40.5 Å². The van der Waals surface area contributed by atoms with Crippen LogP contribution in [0.5, 0.6) is 11.5 Å². The van der Waals surface area contributed by atoms with E-state index in [1.807, 2.05) is 18.2 Å². The molecule has 0 spiro atoms. The van der Waals surface area contributed by atoms with E-state index in [0.717, 1.165) is 40.3 Å². The Balaban J connectivity index is 1.51. The van der Waals surface area contributed by atoms with Gasteiger partial charge in [-0.05, 0) is 75.6 Å². The Hall–Kier alpha value is -2.06. The number of nitrogens with one attached hydrogen (secondary N) is 2. The number of hydrogen-bond acceptors (Lipinski definition) is 7. The predicted octanol–water partition coefficient (Wildman–Crippen LogP) is 4.82. The fourth-order valence-corrected chi connectivity index (χ4v) is 4.75. The molecule has 0 radical (unpaired) electrons. The van der Waals surface area contributed by atoms with Gasteiger partial charge < -0.3 is 20.1 Å². The van der Waals surface area contributed by atoms with Gasteiger partial charge in [0.25, 0.3) is 0 Å². The number of hydrogen-bond donors (Lipinski definition) is 2. The van der Waals surface area contributed by atoms with Crippen molar-refractivity contribution >= 4 is 33.4 Å². The summed E-state index contributed by atoms with van der Waals surface area (Å²) in [5, 5.41) is 6.92. The third-order valence-corrected chi connectivity index (χ3v) is 6.77. The number of ether oxygens (including phenoxy) is 2.